The van der Waals surface area contributed by atoms with E-state index in [-0.39, 0.29) is 41.9 Å². The Morgan fingerprint density at radius 3 is 1.15 bits per heavy atom. The number of nitrogens with one attached hydrogen (secondary N) is 1. The summed E-state index contributed by atoms with van der Waals surface area (Å²) in [6, 6.07) is 40.7. The molecule has 0 aliphatic carbocycles. The van der Waals surface area contributed by atoms with Gasteiger partial charge in [0.05, 0.1) is 24.0 Å². The van der Waals surface area contributed by atoms with Gasteiger partial charge >= 0.3 is 0 Å². The quantitative estimate of drug-likeness (QED) is 0.396. The van der Waals surface area contributed by atoms with E-state index in [1.165, 1.54) is 0 Å². The number of piperidine rings is 1. The van der Waals surface area contributed by atoms with Crippen LogP contribution in [-0.4, -0.2) is 5.78 Å². The molecule has 3 nitrogen and oxygen atoms in total. The molecule has 34 heavy (non-hydrogen) atoms. The highest BCUT2D eigenvalue weighted by molar-refractivity contribution is 5.88. The van der Waals surface area contributed by atoms with Gasteiger partial charge in [-0.2, -0.15) is 0 Å². The van der Waals surface area contributed by atoms with Crippen LogP contribution in [0, 0.1) is 11.8 Å². The second-order valence-corrected chi connectivity index (χ2v) is 9.20. The normalized spacial score (nSPS) is 28.4. The number of ether oxygens (including phenoxy) is 1. The summed E-state index contributed by atoms with van der Waals surface area (Å²) in [5.41, 5.74) is 4.31. The van der Waals surface area contributed by atoms with Crippen molar-refractivity contribution in [3.05, 3.63) is 144 Å². The van der Waals surface area contributed by atoms with Gasteiger partial charge in [0.15, 0.2) is 0 Å². The van der Waals surface area contributed by atoms with Gasteiger partial charge in [-0.3, -0.25) is 4.79 Å². The van der Waals surface area contributed by atoms with Crippen LogP contribution >= 0.6 is 0 Å². The zero-order valence-corrected chi connectivity index (χ0v) is 18.8. The highest BCUT2D eigenvalue weighted by Crippen LogP contribution is 2.55. The SMILES string of the molecule is O=C1[C@H]2[C@@H](c3ccccc3)N[C@@H](c3ccccc3)[C@H]1[C@H](c1ccccc1)O[C@@H]2c1ccccc1. The maximum absolute atomic E-state index is 14.4. The number of Topliss-reactive ketones (excluding diaryl/α,β-unsaturated/α-hetero) is 1. The van der Waals surface area contributed by atoms with Crippen LogP contribution in [0.1, 0.15) is 46.5 Å². The fourth-order valence-corrected chi connectivity index (χ4v) is 5.71. The summed E-state index contributed by atoms with van der Waals surface area (Å²) in [7, 11) is 0. The molecule has 2 aliphatic heterocycles. The summed E-state index contributed by atoms with van der Waals surface area (Å²) in [6.45, 7) is 0. The highest BCUT2D eigenvalue weighted by atomic mass is 16.5. The molecule has 4 aromatic rings. The van der Waals surface area contributed by atoms with E-state index in [1.807, 2.05) is 72.8 Å². The summed E-state index contributed by atoms with van der Waals surface area (Å²) >= 11 is 0. The molecule has 2 saturated heterocycles. The van der Waals surface area contributed by atoms with E-state index in [1.54, 1.807) is 0 Å². The first-order valence-corrected chi connectivity index (χ1v) is 12.0. The van der Waals surface area contributed by atoms with Crippen LogP contribution in [0.4, 0.5) is 0 Å². The lowest BCUT2D eigenvalue weighted by molar-refractivity contribution is -0.177. The zero-order valence-electron chi connectivity index (χ0n) is 18.8. The van der Waals surface area contributed by atoms with Crippen molar-refractivity contribution in [3.8, 4) is 0 Å². The number of ketones is 1. The molecule has 0 saturated carbocycles. The Morgan fingerprint density at radius 1 is 0.471 bits per heavy atom. The van der Waals surface area contributed by atoms with Crippen molar-refractivity contribution in [1.29, 1.82) is 0 Å². The van der Waals surface area contributed by atoms with Crippen LogP contribution in [0.25, 0.3) is 0 Å². The Bertz CT molecular complexity index is 1050. The Kier molecular flexibility index (Phi) is 5.58. The summed E-state index contributed by atoms with van der Waals surface area (Å²) in [5.74, 6) is -0.347. The molecule has 6 atom stereocenters. The maximum Gasteiger partial charge on any atom is 0.148 e. The Morgan fingerprint density at radius 2 is 0.794 bits per heavy atom. The smallest absolute Gasteiger partial charge is 0.148 e. The molecule has 4 aromatic carbocycles. The van der Waals surface area contributed by atoms with Crippen LogP contribution in [0.2, 0.25) is 0 Å². The first-order chi connectivity index (χ1) is 16.8. The third-order valence-electron chi connectivity index (χ3n) is 7.25. The number of carbonyl (C=O) groups is 1. The van der Waals surface area contributed by atoms with Gasteiger partial charge in [0.25, 0.3) is 0 Å². The van der Waals surface area contributed by atoms with Crippen molar-refractivity contribution < 1.29 is 9.53 Å². The second-order valence-electron chi connectivity index (χ2n) is 9.20. The van der Waals surface area contributed by atoms with Crippen LogP contribution in [-0.2, 0) is 9.53 Å². The molecular formula is C31H27NO2. The zero-order chi connectivity index (χ0) is 22.9. The van der Waals surface area contributed by atoms with Gasteiger partial charge in [0, 0.05) is 12.1 Å². The van der Waals surface area contributed by atoms with Gasteiger partial charge in [0.2, 0.25) is 0 Å². The van der Waals surface area contributed by atoms with E-state index in [0.29, 0.717) is 0 Å². The Balaban J connectivity index is 1.52. The molecule has 0 unspecified atom stereocenters. The van der Waals surface area contributed by atoms with E-state index in [4.69, 9.17) is 4.74 Å². The second kappa shape index (κ2) is 9.02. The van der Waals surface area contributed by atoms with Gasteiger partial charge in [-0.1, -0.05) is 121 Å². The van der Waals surface area contributed by atoms with Crippen LogP contribution in [0.3, 0.4) is 0 Å². The number of benzene rings is 4. The molecule has 3 heteroatoms. The molecule has 0 radical (unpaired) electrons. The van der Waals surface area contributed by atoms with E-state index in [2.05, 4.69) is 53.8 Å². The molecule has 2 heterocycles. The van der Waals surface area contributed by atoms with Crippen molar-refractivity contribution in [2.45, 2.75) is 24.3 Å². The maximum atomic E-state index is 14.4. The molecule has 168 valence electrons. The molecule has 2 aliphatic rings. The fraction of sp³-hybridized carbons (Fsp3) is 0.194. The minimum absolute atomic E-state index is 0.142. The van der Waals surface area contributed by atoms with Gasteiger partial charge in [-0.15, -0.1) is 0 Å². The molecular weight excluding hydrogens is 418 g/mol. The van der Waals surface area contributed by atoms with E-state index >= 15 is 0 Å². The van der Waals surface area contributed by atoms with Crippen molar-refractivity contribution in [2.75, 3.05) is 0 Å². The van der Waals surface area contributed by atoms with Crippen molar-refractivity contribution in [2.24, 2.45) is 11.8 Å². The van der Waals surface area contributed by atoms with E-state index in [9.17, 15) is 4.79 Å². The lowest BCUT2D eigenvalue weighted by atomic mass is 9.66. The monoisotopic (exact) mass is 445 g/mol. The molecule has 0 spiro atoms. The lowest BCUT2D eigenvalue weighted by Crippen LogP contribution is -2.56. The third kappa shape index (κ3) is 3.67. The number of hydrogen-bond acceptors (Lipinski definition) is 3. The van der Waals surface area contributed by atoms with Crippen LogP contribution < -0.4 is 5.32 Å². The van der Waals surface area contributed by atoms with Crippen molar-refractivity contribution >= 4 is 5.78 Å². The molecule has 2 bridgehead atoms. The van der Waals surface area contributed by atoms with Crippen LogP contribution in [0.15, 0.2) is 121 Å². The minimum atomic E-state index is -0.329. The topological polar surface area (TPSA) is 38.3 Å². The summed E-state index contributed by atoms with van der Waals surface area (Å²) in [5, 5.41) is 3.92. The number of carbonyl (C=O) groups excluding carboxylic acids is 1. The first kappa shape index (κ1) is 21.0. The molecule has 2 fully saturated rings. The Labute approximate surface area is 200 Å². The summed E-state index contributed by atoms with van der Waals surface area (Å²) in [6.07, 6.45) is -0.658. The Hall–Kier alpha value is -3.53. The number of rotatable bonds is 4. The number of fused-ring (bicyclic) bond motifs is 2. The van der Waals surface area contributed by atoms with E-state index < -0.39 is 0 Å². The molecule has 0 amide bonds. The average molecular weight is 446 g/mol. The largest absolute Gasteiger partial charge is 0.364 e. The van der Waals surface area contributed by atoms with Gasteiger partial charge in [-0.25, -0.2) is 0 Å². The average Bonchev–Trinajstić information content (AvgIpc) is 2.91. The molecule has 0 aromatic heterocycles. The molecule has 6 rings (SSSR count). The lowest BCUT2D eigenvalue weighted by Gasteiger charge is -2.52. The number of hydrogen-bond donors (Lipinski definition) is 1. The summed E-state index contributed by atoms with van der Waals surface area (Å²) in [4.78, 5) is 14.4. The van der Waals surface area contributed by atoms with Gasteiger partial charge < -0.3 is 10.1 Å². The standard InChI is InChI=1S/C31H27NO2/c33-29-25-27(21-13-5-1-6-14-21)32-28(22-15-7-2-8-16-22)26(29)31(24-19-11-4-12-20-24)34-30(25)23-17-9-3-10-18-23/h1-20,25-28,30-32H/t25-,26-,27-,28+,30-,31+/m1/s1. The van der Waals surface area contributed by atoms with E-state index in [0.717, 1.165) is 22.3 Å². The predicted molar refractivity (Wildman–Crippen MR) is 133 cm³/mol. The van der Waals surface area contributed by atoms with Gasteiger partial charge in [0.1, 0.15) is 5.78 Å². The van der Waals surface area contributed by atoms with Gasteiger partial charge in [-0.05, 0) is 22.3 Å². The fourth-order valence-electron chi connectivity index (χ4n) is 5.71. The predicted octanol–water partition coefficient (Wildman–Crippen LogP) is 6.39. The van der Waals surface area contributed by atoms with Crippen LogP contribution in [0.5, 0.6) is 0 Å². The highest BCUT2D eigenvalue weighted by Gasteiger charge is 2.56. The third-order valence-corrected chi connectivity index (χ3v) is 7.25. The first-order valence-electron chi connectivity index (χ1n) is 12.0. The van der Waals surface area contributed by atoms with Crippen molar-refractivity contribution in [3.63, 3.8) is 0 Å². The van der Waals surface area contributed by atoms with Crippen molar-refractivity contribution in [1.82, 2.24) is 5.32 Å². The minimum Gasteiger partial charge on any atom is -0.364 e. The summed E-state index contributed by atoms with van der Waals surface area (Å²) < 4.78 is 6.94. The molecule has 1 N–H and O–H groups in total.